The molecule has 1 aromatic carbocycles. The third-order valence-electron chi connectivity index (χ3n) is 6.05. The number of urea groups is 1. The van der Waals surface area contributed by atoms with E-state index in [2.05, 4.69) is 20.5 Å². The lowest BCUT2D eigenvalue weighted by atomic mass is 9.99. The highest BCUT2D eigenvalue weighted by Gasteiger charge is 2.34. The summed E-state index contributed by atoms with van der Waals surface area (Å²) in [5, 5.41) is 15.5. The summed E-state index contributed by atoms with van der Waals surface area (Å²) in [7, 11) is 2.02. The van der Waals surface area contributed by atoms with Crippen LogP contribution >= 0.6 is 0 Å². The van der Waals surface area contributed by atoms with Gasteiger partial charge in [-0.2, -0.15) is 0 Å². The molecule has 3 rings (SSSR count). The van der Waals surface area contributed by atoms with Gasteiger partial charge in [0.15, 0.2) is 5.75 Å². The second-order valence-electron chi connectivity index (χ2n) is 9.61. The van der Waals surface area contributed by atoms with Gasteiger partial charge in [0.1, 0.15) is 6.10 Å². The highest BCUT2D eigenvalue weighted by Crippen LogP contribution is 2.35. The first kappa shape index (κ1) is 26.4. The quantitative estimate of drug-likeness (QED) is 0.533. The number of para-hydroxylation sites is 1. The Kier molecular flexibility index (Phi) is 9.06. The zero-order valence-electron chi connectivity index (χ0n) is 21.2. The third kappa shape index (κ3) is 6.93. The van der Waals surface area contributed by atoms with Gasteiger partial charge in [0.05, 0.1) is 23.9 Å². The predicted octanol–water partition coefficient (Wildman–Crippen LogP) is 2.96. The first-order valence-electron chi connectivity index (χ1n) is 12.1. The molecular formula is C26H37N5O4. The van der Waals surface area contributed by atoms with E-state index in [0.717, 1.165) is 5.56 Å². The van der Waals surface area contributed by atoms with Crippen molar-refractivity contribution in [3.63, 3.8) is 0 Å². The highest BCUT2D eigenvalue weighted by molar-refractivity contribution is 6.01. The maximum Gasteiger partial charge on any atom is 0.319 e. The topological polar surface area (TPSA) is 107 Å². The summed E-state index contributed by atoms with van der Waals surface area (Å²) in [4.78, 5) is 33.9. The van der Waals surface area contributed by atoms with Gasteiger partial charge in [-0.25, -0.2) is 4.79 Å². The molecule has 190 valence electrons. The monoisotopic (exact) mass is 483 g/mol. The van der Waals surface area contributed by atoms with Crippen LogP contribution in [0.5, 0.6) is 5.75 Å². The minimum atomic E-state index is -0.369. The number of pyridine rings is 1. The third-order valence-corrected chi connectivity index (χ3v) is 6.05. The van der Waals surface area contributed by atoms with Crippen LogP contribution in [0, 0.1) is 5.92 Å². The molecular weight excluding hydrogens is 446 g/mol. The van der Waals surface area contributed by atoms with Crippen molar-refractivity contribution < 1.29 is 19.4 Å². The zero-order valence-corrected chi connectivity index (χ0v) is 21.2. The molecule has 0 radical (unpaired) electrons. The Morgan fingerprint density at radius 3 is 2.63 bits per heavy atom. The minimum Gasteiger partial charge on any atom is -0.486 e. The molecule has 0 aliphatic carbocycles. The first-order valence-corrected chi connectivity index (χ1v) is 12.1. The van der Waals surface area contributed by atoms with Crippen LogP contribution in [-0.2, 0) is 6.54 Å². The fourth-order valence-corrected chi connectivity index (χ4v) is 4.15. The summed E-state index contributed by atoms with van der Waals surface area (Å²) >= 11 is 0. The van der Waals surface area contributed by atoms with Crippen molar-refractivity contribution in [3.8, 4) is 5.75 Å². The van der Waals surface area contributed by atoms with Gasteiger partial charge in [0.25, 0.3) is 5.91 Å². The van der Waals surface area contributed by atoms with E-state index in [9.17, 15) is 14.7 Å². The molecule has 0 fully saturated rings. The summed E-state index contributed by atoms with van der Waals surface area (Å²) < 4.78 is 6.52. The van der Waals surface area contributed by atoms with Gasteiger partial charge in [-0.1, -0.05) is 13.0 Å². The molecule has 1 aliphatic rings. The number of likely N-dealkylation sites (N-methyl/N-ethyl adjacent to an activating group) is 1. The summed E-state index contributed by atoms with van der Waals surface area (Å²) in [6, 6.07) is 8.35. The van der Waals surface area contributed by atoms with Gasteiger partial charge in [-0.05, 0) is 57.6 Å². The number of carbonyl (C=O) groups is 2. The van der Waals surface area contributed by atoms with Gasteiger partial charge in [-0.15, -0.1) is 0 Å². The molecule has 2 heterocycles. The van der Waals surface area contributed by atoms with E-state index in [1.54, 1.807) is 35.5 Å². The van der Waals surface area contributed by atoms with Crippen molar-refractivity contribution in [2.24, 2.45) is 5.92 Å². The normalized spacial score (nSPS) is 19.0. The number of aliphatic hydroxyl groups is 1. The fraction of sp³-hybridized carbons (Fsp3) is 0.500. The molecule has 3 N–H and O–H groups in total. The number of rotatable bonds is 8. The number of hydrogen-bond donors (Lipinski definition) is 3. The van der Waals surface area contributed by atoms with Crippen LogP contribution in [0.4, 0.5) is 10.5 Å². The SMILES string of the molecule is CC(C)NC(=O)Nc1cccc2c1O[C@@H](CN(C)Cc1ccncc1)[C@@H](C)CN([C@H](C)CO)C2=O. The number of carbonyl (C=O) groups excluding carboxylic acids is 2. The van der Waals surface area contributed by atoms with Crippen molar-refractivity contribution >= 4 is 17.6 Å². The number of nitrogens with one attached hydrogen (secondary N) is 2. The Morgan fingerprint density at radius 1 is 1.26 bits per heavy atom. The second kappa shape index (κ2) is 12.0. The average Bonchev–Trinajstić information content (AvgIpc) is 2.81. The van der Waals surface area contributed by atoms with E-state index in [0.29, 0.717) is 36.6 Å². The Morgan fingerprint density at radius 2 is 1.97 bits per heavy atom. The number of aliphatic hydroxyl groups excluding tert-OH is 1. The van der Waals surface area contributed by atoms with Gasteiger partial charge in [-0.3, -0.25) is 14.7 Å². The van der Waals surface area contributed by atoms with E-state index in [-0.39, 0.29) is 42.7 Å². The number of ether oxygens (including phenoxy) is 1. The summed E-state index contributed by atoms with van der Waals surface area (Å²) in [5.74, 6) is 0.0869. The molecule has 9 heteroatoms. The molecule has 2 aromatic rings. The highest BCUT2D eigenvalue weighted by atomic mass is 16.5. The van der Waals surface area contributed by atoms with E-state index in [1.165, 1.54) is 0 Å². The first-order chi connectivity index (χ1) is 16.7. The van der Waals surface area contributed by atoms with Crippen molar-refractivity contribution in [3.05, 3.63) is 53.9 Å². The molecule has 1 aromatic heterocycles. The Labute approximate surface area is 207 Å². The molecule has 0 spiro atoms. The molecule has 3 amide bonds. The Bertz CT molecular complexity index is 1000. The zero-order chi connectivity index (χ0) is 25.5. The molecule has 1 aliphatic heterocycles. The number of aromatic nitrogens is 1. The smallest absolute Gasteiger partial charge is 0.319 e. The minimum absolute atomic E-state index is 0.0291. The van der Waals surface area contributed by atoms with Crippen molar-refractivity contribution in [2.45, 2.75) is 52.4 Å². The van der Waals surface area contributed by atoms with Crippen LogP contribution in [0.25, 0.3) is 0 Å². The molecule has 9 nitrogen and oxygen atoms in total. The van der Waals surface area contributed by atoms with E-state index < -0.39 is 0 Å². The van der Waals surface area contributed by atoms with Crippen molar-refractivity contribution in [2.75, 3.05) is 32.1 Å². The van der Waals surface area contributed by atoms with Gasteiger partial charge in [0.2, 0.25) is 0 Å². The molecule has 0 bridgehead atoms. The summed E-state index contributed by atoms with van der Waals surface area (Å²) in [6.45, 7) is 9.24. The van der Waals surface area contributed by atoms with Crippen LogP contribution in [-0.4, -0.2) is 76.8 Å². The standard InChI is InChI=1S/C26H37N5O4/c1-17(2)28-26(34)29-22-8-6-7-21-24(22)35-23(15-30(5)14-20-9-11-27-12-10-20)18(3)13-31(25(21)33)19(4)16-32/h6-12,17-19,23,32H,13-16H2,1-5H3,(H2,28,29,34)/t18-,19+,23-/m0/s1. The lowest BCUT2D eigenvalue weighted by Crippen LogP contribution is -2.49. The number of nitrogens with zero attached hydrogens (tertiary/aromatic N) is 3. The second-order valence-corrected chi connectivity index (χ2v) is 9.61. The molecule has 0 unspecified atom stereocenters. The number of anilines is 1. The summed E-state index contributed by atoms with van der Waals surface area (Å²) in [6.07, 6.45) is 3.28. The molecule has 3 atom stereocenters. The van der Waals surface area contributed by atoms with Gasteiger partial charge >= 0.3 is 6.03 Å². The number of fused-ring (bicyclic) bond motifs is 1. The Balaban J connectivity index is 1.94. The van der Waals surface area contributed by atoms with Gasteiger partial charge < -0.3 is 25.4 Å². The number of hydrogen-bond acceptors (Lipinski definition) is 6. The number of amides is 3. The van der Waals surface area contributed by atoms with E-state index in [4.69, 9.17) is 4.74 Å². The van der Waals surface area contributed by atoms with Crippen LogP contribution in [0.15, 0.2) is 42.7 Å². The maximum absolute atomic E-state index is 13.5. The predicted molar refractivity (Wildman–Crippen MR) is 135 cm³/mol. The lowest BCUT2D eigenvalue weighted by Gasteiger charge is -2.38. The Hall–Kier alpha value is -3.17. The average molecular weight is 484 g/mol. The van der Waals surface area contributed by atoms with Crippen LogP contribution in [0.2, 0.25) is 0 Å². The van der Waals surface area contributed by atoms with Crippen molar-refractivity contribution in [1.29, 1.82) is 0 Å². The fourth-order valence-electron chi connectivity index (χ4n) is 4.15. The van der Waals surface area contributed by atoms with E-state index >= 15 is 0 Å². The molecule has 0 saturated carbocycles. The maximum atomic E-state index is 13.5. The van der Waals surface area contributed by atoms with Crippen molar-refractivity contribution in [1.82, 2.24) is 20.1 Å². The van der Waals surface area contributed by atoms with Crippen LogP contribution < -0.4 is 15.4 Å². The number of benzene rings is 1. The van der Waals surface area contributed by atoms with Gasteiger partial charge in [0, 0.05) is 44.0 Å². The molecule has 0 saturated heterocycles. The largest absolute Gasteiger partial charge is 0.486 e. The van der Waals surface area contributed by atoms with E-state index in [1.807, 2.05) is 46.9 Å². The molecule has 35 heavy (non-hydrogen) atoms. The van der Waals surface area contributed by atoms with Crippen LogP contribution in [0.3, 0.4) is 0 Å². The summed E-state index contributed by atoms with van der Waals surface area (Å²) in [5.41, 5.74) is 1.93. The lowest BCUT2D eigenvalue weighted by molar-refractivity contribution is 0.0343. The van der Waals surface area contributed by atoms with Crippen LogP contribution in [0.1, 0.15) is 43.6 Å².